The smallest absolute Gasteiger partial charge is 0.0598 e. The van der Waals surface area contributed by atoms with Crippen LogP contribution in [0.25, 0.3) is 0 Å². The highest BCUT2D eigenvalue weighted by atomic mass is 35.5. The van der Waals surface area contributed by atoms with Gasteiger partial charge >= 0.3 is 0 Å². The Labute approximate surface area is 94.2 Å². The van der Waals surface area contributed by atoms with Crippen molar-refractivity contribution in [3.05, 3.63) is 0 Å². The Morgan fingerprint density at radius 3 is 1.86 bits per heavy atom. The van der Waals surface area contributed by atoms with E-state index in [2.05, 4.69) is 34.6 Å². The lowest BCUT2D eigenvalue weighted by Crippen LogP contribution is -2.27. The van der Waals surface area contributed by atoms with Crippen LogP contribution in [0.5, 0.6) is 0 Å². The maximum Gasteiger partial charge on any atom is 0.0598 e. The number of hydrogen-bond donors (Lipinski definition) is 0. The molecule has 86 valence electrons. The molecule has 0 aromatic heterocycles. The monoisotopic (exact) mass is 220 g/mol. The quantitative estimate of drug-likeness (QED) is 0.609. The number of rotatable bonds is 6. The van der Waals surface area contributed by atoms with Crippen LogP contribution in [-0.4, -0.2) is 18.1 Å². The van der Waals surface area contributed by atoms with Gasteiger partial charge in [-0.05, 0) is 45.4 Å². The Morgan fingerprint density at radius 2 is 1.57 bits per heavy atom. The summed E-state index contributed by atoms with van der Waals surface area (Å²) in [6.07, 6.45) is 3.35. The first kappa shape index (κ1) is 14.2. The normalized spacial score (nSPS) is 13.3. The van der Waals surface area contributed by atoms with Gasteiger partial charge in [-0.1, -0.05) is 13.8 Å². The van der Waals surface area contributed by atoms with Crippen molar-refractivity contribution in [2.75, 3.05) is 12.5 Å². The fourth-order valence-electron chi connectivity index (χ4n) is 1.43. The van der Waals surface area contributed by atoms with Gasteiger partial charge in [0.2, 0.25) is 0 Å². The van der Waals surface area contributed by atoms with Crippen LogP contribution in [0.15, 0.2) is 0 Å². The van der Waals surface area contributed by atoms with E-state index in [0.717, 1.165) is 31.7 Å². The first-order valence-electron chi connectivity index (χ1n) is 5.59. The molecule has 0 bridgehead atoms. The van der Waals surface area contributed by atoms with E-state index in [0.29, 0.717) is 0 Å². The van der Waals surface area contributed by atoms with E-state index in [1.807, 2.05) is 0 Å². The van der Waals surface area contributed by atoms with Crippen molar-refractivity contribution in [1.82, 2.24) is 0 Å². The Bertz CT molecular complexity index is 137. The van der Waals surface area contributed by atoms with Gasteiger partial charge in [0, 0.05) is 12.5 Å². The second-order valence-electron chi connectivity index (χ2n) is 5.05. The van der Waals surface area contributed by atoms with E-state index < -0.39 is 0 Å². The maximum atomic E-state index is 6.02. The average molecular weight is 221 g/mol. The van der Waals surface area contributed by atoms with Crippen molar-refractivity contribution in [3.63, 3.8) is 0 Å². The molecule has 0 N–H and O–H groups in total. The summed E-state index contributed by atoms with van der Waals surface area (Å²) in [4.78, 5) is 0. The zero-order valence-corrected chi connectivity index (χ0v) is 11.1. The lowest BCUT2D eigenvalue weighted by molar-refractivity contribution is -0.0176. The van der Waals surface area contributed by atoms with Gasteiger partial charge in [-0.3, -0.25) is 0 Å². The van der Waals surface area contributed by atoms with E-state index in [1.165, 1.54) is 0 Å². The predicted octanol–water partition coefficient (Wildman–Crippen LogP) is 4.24. The molecule has 0 aliphatic heterocycles. The summed E-state index contributed by atoms with van der Waals surface area (Å²) in [6, 6.07) is 0. The third kappa shape index (κ3) is 5.21. The molecule has 0 rings (SSSR count). The van der Waals surface area contributed by atoms with Gasteiger partial charge in [-0.25, -0.2) is 0 Å². The van der Waals surface area contributed by atoms with Crippen molar-refractivity contribution in [2.45, 2.75) is 59.5 Å². The molecule has 0 fully saturated rings. The summed E-state index contributed by atoms with van der Waals surface area (Å²) >= 11 is 6.02. The van der Waals surface area contributed by atoms with Crippen molar-refractivity contribution >= 4 is 11.6 Å². The van der Waals surface area contributed by atoms with Gasteiger partial charge in [0.25, 0.3) is 0 Å². The summed E-state index contributed by atoms with van der Waals surface area (Å²) in [5.74, 6) is 0.744. The van der Waals surface area contributed by atoms with Gasteiger partial charge in [0.15, 0.2) is 0 Å². The number of hydrogen-bond acceptors (Lipinski definition) is 1. The van der Waals surface area contributed by atoms with E-state index >= 15 is 0 Å². The first-order valence-corrected chi connectivity index (χ1v) is 6.12. The summed E-state index contributed by atoms with van der Waals surface area (Å²) in [5, 5.41) is 0. The van der Waals surface area contributed by atoms with E-state index in [9.17, 15) is 0 Å². The highest BCUT2D eigenvalue weighted by Crippen LogP contribution is 2.32. The van der Waals surface area contributed by atoms with Crippen LogP contribution in [0.3, 0.4) is 0 Å². The van der Waals surface area contributed by atoms with Crippen LogP contribution in [0.2, 0.25) is 0 Å². The predicted molar refractivity (Wildman–Crippen MR) is 64.1 cm³/mol. The van der Waals surface area contributed by atoms with Gasteiger partial charge in [0.1, 0.15) is 0 Å². The molecule has 0 atom stereocenters. The zero-order chi connectivity index (χ0) is 11.2. The highest BCUT2D eigenvalue weighted by molar-refractivity contribution is 6.18. The molecule has 1 nitrogen and oxygen atoms in total. The standard InChI is InChI=1S/C12H25ClO/c1-6-12(7-2,10-13)8-9-14-11(3,4)5/h6-10H2,1-5H3. The molecule has 0 aliphatic rings. The van der Waals surface area contributed by atoms with Crippen LogP contribution in [0.4, 0.5) is 0 Å². The van der Waals surface area contributed by atoms with Gasteiger partial charge < -0.3 is 4.74 Å². The molecule has 0 saturated heterocycles. The van der Waals surface area contributed by atoms with E-state index in [-0.39, 0.29) is 11.0 Å². The summed E-state index contributed by atoms with van der Waals surface area (Å²) in [7, 11) is 0. The van der Waals surface area contributed by atoms with Crippen molar-refractivity contribution in [2.24, 2.45) is 5.41 Å². The largest absolute Gasteiger partial charge is 0.376 e. The second kappa shape index (κ2) is 5.97. The molecular weight excluding hydrogens is 196 g/mol. The molecule has 0 heterocycles. The Balaban J connectivity index is 3.95. The van der Waals surface area contributed by atoms with Crippen LogP contribution in [0, 0.1) is 5.41 Å². The number of ether oxygens (including phenoxy) is 1. The molecule has 0 aromatic rings. The minimum Gasteiger partial charge on any atom is -0.376 e. The number of alkyl halides is 1. The Kier molecular flexibility index (Phi) is 6.08. The van der Waals surface area contributed by atoms with Crippen molar-refractivity contribution in [3.8, 4) is 0 Å². The minimum atomic E-state index is -0.0282. The minimum absolute atomic E-state index is 0.0282. The molecule has 0 radical (unpaired) electrons. The molecule has 2 heteroatoms. The number of halogens is 1. The molecule has 0 aliphatic carbocycles. The van der Waals surface area contributed by atoms with Crippen LogP contribution >= 0.6 is 11.6 Å². The fourth-order valence-corrected chi connectivity index (χ4v) is 1.94. The van der Waals surface area contributed by atoms with Crippen molar-refractivity contribution < 1.29 is 4.74 Å². The summed E-state index contributed by atoms with van der Waals surface area (Å²) in [6.45, 7) is 11.5. The van der Waals surface area contributed by atoms with Crippen LogP contribution in [-0.2, 0) is 4.74 Å². The SMILES string of the molecule is CCC(CC)(CCl)CCOC(C)(C)C. The molecule has 0 saturated carbocycles. The highest BCUT2D eigenvalue weighted by Gasteiger charge is 2.25. The lowest BCUT2D eigenvalue weighted by Gasteiger charge is -2.30. The molecule has 0 aromatic carbocycles. The van der Waals surface area contributed by atoms with Gasteiger partial charge in [-0.2, -0.15) is 0 Å². The molecule has 0 spiro atoms. The Morgan fingerprint density at radius 1 is 1.07 bits per heavy atom. The topological polar surface area (TPSA) is 9.23 Å². The lowest BCUT2D eigenvalue weighted by atomic mass is 9.81. The van der Waals surface area contributed by atoms with E-state index in [4.69, 9.17) is 16.3 Å². The second-order valence-corrected chi connectivity index (χ2v) is 5.32. The van der Waals surface area contributed by atoms with Crippen LogP contribution in [0.1, 0.15) is 53.9 Å². The van der Waals surface area contributed by atoms with Crippen LogP contribution < -0.4 is 0 Å². The molecule has 14 heavy (non-hydrogen) atoms. The molecule has 0 amide bonds. The third-order valence-electron chi connectivity index (χ3n) is 2.95. The fraction of sp³-hybridized carbons (Fsp3) is 1.00. The van der Waals surface area contributed by atoms with Gasteiger partial charge in [0.05, 0.1) is 5.60 Å². The van der Waals surface area contributed by atoms with Crippen molar-refractivity contribution in [1.29, 1.82) is 0 Å². The third-order valence-corrected chi connectivity index (χ3v) is 3.52. The van der Waals surface area contributed by atoms with E-state index in [1.54, 1.807) is 0 Å². The molecule has 0 unspecified atom stereocenters. The Hall–Kier alpha value is 0.250. The molecular formula is C12H25ClO. The first-order chi connectivity index (χ1) is 6.39. The zero-order valence-electron chi connectivity index (χ0n) is 10.3. The van der Waals surface area contributed by atoms with Gasteiger partial charge in [-0.15, -0.1) is 11.6 Å². The summed E-state index contributed by atoms with van der Waals surface area (Å²) < 4.78 is 5.73. The summed E-state index contributed by atoms with van der Waals surface area (Å²) in [5.41, 5.74) is 0.256. The maximum absolute atomic E-state index is 6.02. The average Bonchev–Trinajstić information content (AvgIpc) is 2.11.